The van der Waals surface area contributed by atoms with Crippen molar-refractivity contribution in [2.24, 2.45) is 0 Å². The van der Waals surface area contributed by atoms with E-state index in [1.165, 1.54) is 10.6 Å². The molecule has 23 heavy (non-hydrogen) atoms. The monoisotopic (exact) mass is 378 g/mol. The quantitative estimate of drug-likeness (QED) is 0.822. The molecule has 8 heteroatoms. The predicted molar refractivity (Wildman–Crippen MR) is 93.5 cm³/mol. The van der Waals surface area contributed by atoms with Gasteiger partial charge in [0.25, 0.3) is 0 Å². The van der Waals surface area contributed by atoms with Gasteiger partial charge < -0.3 is 5.32 Å². The fourth-order valence-corrected chi connectivity index (χ4v) is 4.36. The Morgan fingerprint density at radius 3 is 2.57 bits per heavy atom. The molecule has 0 radical (unpaired) electrons. The third kappa shape index (κ3) is 5.08. The van der Waals surface area contributed by atoms with Gasteiger partial charge in [-0.3, -0.25) is 4.79 Å². The van der Waals surface area contributed by atoms with Crippen LogP contribution in [0.25, 0.3) is 0 Å². The maximum Gasteiger partial charge on any atom is 0.225 e. The zero-order valence-electron chi connectivity index (χ0n) is 12.9. The predicted octanol–water partition coefficient (Wildman–Crippen LogP) is 3.53. The average Bonchev–Trinajstić information content (AvgIpc) is 2.96. The third-order valence-corrected chi connectivity index (χ3v) is 6.09. The average molecular weight is 379 g/mol. The Balaban J connectivity index is 1.97. The highest BCUT2D eigenvalue weighted by molar-refractivity contribution is 7.88. The van der Waals surface area contributed by atoms with Crippen molar-refractivity contribution in [1.29, 1.82) is 0 Å². The molecule has 1 aromatic rings. The van der Waals surface area contributed by atoms with Gasteiger partial charge in [-0.2, -0.15) is 4.31 Å². The number of halogens is 2. The lowest BCUT2D eigenvalue weighted by molar-refractivity contribution is -0.116. The van der Waals surface area contributed by atoms with Gasteiger partial charge in [0.05, 0.1) is 22.0 Å². The first-order valence-electron chi connectivity index (χ1n) is 7.49. The fourth-order valence-electron chi connectivity index (χ4n) is 2.84. The Bertz CT molecular complexity index is 673. The number of sulfonamides is 1. The summed E-state index contributed by atoms with van der Waals surface area (Å²) in [6, 6.07) is 4.97. The molecule has 1 aliphatic rings. The second kappa shape index (κ2) is 7.83. The zero-order chi connectivity index (χ0) is 17.0. The number of hydrogen-bond acceptors (Lipinski definition) is 3. The first kappa shape index (κ1) is 18.5. The highest BCUT2D eigenvalue weighted by Crippen LogP contribution is 2.30. The van der Waals surface area contributed by atoms with Crippen molar-refractivity contribution in [3.63, 3.8) is 0 Å². The van der Waals surface area contributed by atoms with Gasteiger partial charge in [-0.05, 0) is 25.0 Å². The van der Waals surface area contributed by atoms with Crippen molar-refractivity contribution in [3.05, 3.63) is 28.2 Å². The molecule has 2 rings (SSSR count). The lowest BCUT2D eigenvalue weighted by atomic mass is 10.2. The van der Waals surface area contributed by atoms with E-state index < -0.39 is 10.0 Å². The van der Waals surface area contributed by atoms with Crippen LogP contribution in [0.1, 0.15) is 32.1 Å². The molecule has 1 N–H and O–H groups in total. The smallest absolute Gasteiger partial charge is 0.225 e. The van der Waals surface area contributed by atoms with E-state index in [0.29, 0.717) is 10.7 Å². The van der Waals surface area contributed by atoms with E-state index in [0.717, 1.165) is 25.7 Å². The minimum atomic E-state index is -3.33. The molecule has 1 aromatic carbocycles. The molecule has 1 amide bonds. The molecule has 0 saturated heterocycles. The van der Waals surface area contributed by atoms with Crippen molar-refractivity contribution in [1.82, 2.24) is 4.31 Å². The second-order valence-corrected chi connectivity index (χ2v) is 8.43. The van der Waals surface area contributed by atoms with Crippen LogP contribution >= 0.6 is 23.2 Å². The van der Waals surface area contributed by atoms with Crippen LogP contribution in [0.2, 0.25) is 10.0 Å². The van der Waals surface area contributed by atoms with Crippen LogP contribution < -0.4 is 5.32 Å². The van der Waals surface area contributed by atoms with Crippen molar-refractivity contribution in [3.8, 4) is 0 Å². The number of anilines is 1. The summed E-state index contributed by atoms with van der Waals surface area (Å²) >= 11 is 11.9. The van der Waals surface area contributed by atoms with Crippen molar-refractivity contribution >= 4 is 44.8 Å². The summed E-state index contributed by atoms with van der Waals surface area (Å²) in [6.45, 7) is 0.174. The largest absolute Gasteiger partial charge is 0.325 e. The molecule has 0 heterocycles. The Kier molecular flexibility index (Phi) is 6.31. The van der Waals surface area contributed by atoms with Gasteiger partial charge in [-0.1, -0.05) is 42.1 Å². The molecular formula is C15H20Cl2N2O3S. The standard InChI is InChI=1S/C15H20Cl2N2O3S/c1-23(21,22)19(11-5-2-3-6-11)10-9-14(20)18-13-8-4-7-12(16)15(13)17/h4,7-8,11H,2-3,5-6,9-10H2,1H3,(H,18,20). The van der Waals surface area contributed by atoms with Gasteiger partial charge in [0.1, 0.15) is 0 Å². The minimum absolute atomic E-state index is 0.00700. The van der Waals surface area contributed by atoms with E-state index in [-0.39, 0.29) is 29.9 Å². The van der Waals surface area contributed by atoms with E-state index in [1.807, 2.05) is 0 Å². The molecular weight excluding hydrogens is 359 g/mol. The Morgan fingerprint density at radius 1 is 1.30 bits per heavy atom. The molecule has 0 unspecified atom stereocenters. The number of carbonyl (C=O) groups excluding carboxylic acids is 1. The Hall–Kier alpha value is -0.820. The van der Waals surface area contributed by atoms with Crippen LogP contribution in [0.15, 0.2) is 18.2 Å². The number of benzene rings is 1. The van der Waals surface area contributed by atoms with Crippen LogP contribution in [-0.2, 0) is 14.8 Å². The fraction of sp³-hybridized carbons (Fsp3) is 0.533. The molecule has 0 bridgehead atoms. The maximum atomic E-state index is 12.1. The summed E-state index contributed by atoms with van der Waals surface area (Å²) in [7, 11) is -3.33. The maximum absolute atomic E-state index is 12.1. The summed E-state index contributed by atoms with van der Waals surface area (Å²) in [5.41, 5.74) is 0.427. The molecule has 1 fully saturated rings. The summed E-state index contributed by atoms with van der Waals surface area (Å²) in [4.78, 5) is 12.1. The van der Waals surface area contributed by atoms with Gasteiger partial charge in [0.15, 0.2) is 0 Å². The van der Waals surface area contributed by atoms with Crippen molar-refractivity contribution in [2.75, 3.05) is 18.1 Å². The molecule has 5 nitrogen and oxygen atoms in total. The molecule has 128 valence electrons. The van der Waals surface area contributed by atoms with E-state index in [4.69, 9.17) is 23.2 Å². The van der Waals surface area contributed by atoms with Gasteiger partial charge in [0, 0.05) is 19.0 Å². The second-order valence-electron chi connectivity index (χ2n) is 5.71. The summed E-state index contributed by atoms with van der Waals surface area (Å²) in [5, 5.41) is 3.30. The van der Waals surface area contributed by atoms with Gasteiger partial charge in [0.2, 0.25) is 15.9 Å². The van der Waals surface area contributed by atoms with Crippen LogP contribution in [-0.4, -0.2) is 37.5 Å². The first-order chi connectivity index (χ1) is 10.8. The molecule has 0 aliphatic heterocycles. The van der Waals surface area contributed by atoms with E-state index in [1.54, 1.807) is 18.2 Å². The number of rotatable bonds is 6. The Morgan fingerprint density at radius 2 is 1.96 bits per heavy atom. The third-order valence-electron chi connectivity index (χ3n) is 3.94. The zero-order valence-corrected chi connectivity index (χ0v) is 15.2. The highest BCUT2D eigenvalue weighted by atomic mass is 35.5. The molecule has 1 saturated carbocycles. The number of nitrogens with zero attached hydrogens (tertiary/aromatic N) is 1. The topological polar surface area (TPSA) is 66.5 Å². The van der Waals surface area contributed by atoms with Gasteiger partial charge in [-0.25, -0.2) is 8.42 Å². The summed E-state index contributed by atoms with van der Waals surface area (Å²) in [6.07, 6.45) is 5.04. The minimum Gasteiger partial charge on any atom is -0.325 e. The van der Waals surface area contributed by atoms with Crippen LogP contribution in [0.4, 0.5) is 5.69 Å². The van der Waals surface area contributed by atoms with Crippen LogP contribution in [0.3, 0.4) is 0 Å². The van der Waals surface area contributed by atoms with Crippen molar-refractivity contribution in [2.45, 2.75) is 38.1 Å². The first-order valence-corrected chi connectivity index (χ1v) is 10.1. The summed E-state index contributed by atoms with van der Waals surface area (Å²) < 4.78 is 25.3. The number of hydrogen-bond donors (Lipinski definition) is 1. The molecule has 0 aromatic heterocycles. The summed E-state index contributed by atoms with van der Waals surface area (Å²) in [5.74, 6) is -0.291. The number of carbonyl (C=O) groups is 1. The van der Waals surface area contributed by atoms with Crippen molar-refractivity contribution < 1.29 is 13.2 Å². The number of nitrogens with one attached hydrogen (secondary N) is 1. The lowest BCUT2D eigenvalue weighted by Gasteiger charge is -2.26. The van der Waals surface area contributed by atoms with Crippen LogP contribution in [0.5, 0.6) is 0 Å². The SMILES string of the molecule is CS(=O)(=O)N(CCC(=O)Nc1cccc(Cl)c1Cl)C1CCCC1. The van der Waals surface area contributed by atoms with E-state index in [2.05, 4.69) is 5.32 Å². The van der Waals surface area contributed by atoms with E-state index in [9.17, 15) is 13.2 Å². The van der Waals surface area contributed by atoms with Gasteiger partial charge >= 0.3 is 0 Å². The molecule has 0 spiro atoms. The van der Waals surface area contributed by atoms with Crippen LogP contribution in [0, 0.1) is 0 Å². The molecule has 0 atom stereocenters. The Labute approximate surface area is 147 Å². The molecule has 1 aliphatic carbocycles. The number of amides is 1. The normalized spacial score (nSPS) is 16.0. The lowest BCUT2D eigenvalue weighted by Crippen LogP contribution is -2.39. The highest BCUT2D eigenvalue weighted by Gasteiger charge is 2.29. The van der Waals surface area contributed by atoms with Gasteiger partial charge in [-0.15, -0.1) is 0 Å². The van der Waals surface area contributed by atoms with E-state index >= 15 is 0 Å².